The first kappa shape index (κ1) is 23.2. The number of rotatable bonds is 9. The van der Waals surface area contributed by atoms with E-state index in [4.69, 9.17) is 5.14 Å². The van der Waals surface area contributed by atoms with Gasteiger partial charge in [-0.2, -0.15) is 0 Å². The van der Waals surface area contributed by atoms with Crippen LogP contribution in [0.5, 0.6) is 0 Å². The number of thiophene rings is 1. The van der Waals surface area contributed by atoms with Crippen LogP contribution in [0.3, 0.4) is 0 Å². The summed E-state index contributed by atoms with van der Waals surface area (Å²) in [6.45, 7) is 0.430. The standard InChI is InChI=1S/C22H21N5O3S3/c23-33(29,30)18-10-8-16(9-11-18)12-13-24-20(28)15-32-22-26-25-21(19-7-4-14-31-19)27(22)17-5-2-1-3-6-17/h1-11,14H,12-13,15H2,(H,24,28)(H2,23,29,30). The van der Waals surface area contributed by atoms with Crippen LogP contribution in [0, 0.1) is 0 Å². The monoisotopic (exact) mass is 499 g/mol. The van der Waals surface area contributed by atoms with Gasteiger partial charge in [0.25, 0.3) is 0 Å². The van der Waals surface area contributed by atoms with Crippen LogP contribution in [-0.4, -0.2) is 41.4 Å². The predicted octanol–water partition coefficient (Wildman–Crippen LogP) is 3.09. The third-order valence-electron chi connectivity index (χ3n) is 4.71. The number of hydrogen-bond acceptors (Lipinski definition) is 7. The molecule has 0 radical (unpaired) electrons. The van der Waals surface area contributed by atoms with Gasteiger partial charge in [0.1, 0.15) is 0 Å². The van der Waals surface area contributed by atoms with E-state index in [0.717, 1.165) is 22.0 Å². The molecule has 2 heterocycles. The number of nitrogens with two attached hydrogens (primary N) is 1. The third kappa shape index (κ3) is 5.88. The van der Waals surface area contributed by atoms with Gasteiger partial charge < -0.3 is 5.32 Å². The average Bonchev–Trinajstić information content (AvgIpc) is 3.48. The molecule has 0 aliphatic carbocycles. The highest BCUT2D eigenvalue weighted by Gasteiger charge is 2.17. The highest BCUT2D eigenvalue weighted by molar-refractivity contribution is 7.99. The molecule has 0 aliphatic rings. The molecule has 170 valence electrons. The van der Waals surface area contributed by atoms with Gasteiger partial charge in [-0.1, -0.05) is 48.2 Å². The first-order valence-corrected chi connectivity index (χ1v) is 13.4. The number of nitrogens with one attached hydrogen (secondary N) is 1. The molecule has 0 aliphatic heterocycles. The quantitative estimate of drug-likeness (QED) is 0.342. The topological polar surface area (TPSA) is 120 Å². The molecule has 0 atom stereocenters. The van der Waals surface area contributed by atoms with E-state index in [1.54, 1.807) is 23.5 Å². The Hall–Kier alpha value is -2.99. The van der Waals surface area contributed by atoms with E-state index in [-0.39, 0.29) is 16.6 Å². The number of nitrogens with zero attached hydrogens (tertiary/aromatic N) is 3. The Morgan fingerprint density at radius 3 is 2.45 bits per heavy atom. The third-order valence-corrected chi connectivity index (χ3v) is 7.43. The molecule has 0 bridgehead atoms. The molecule has 8 nitrogen and oxygen atoms in total. The first-order valence-electron chi connectivity index (χ1n) is 9.98. The van der Waals surface area contributed by atoms with E-state index in [9.17, 15) is 13.2 Å². The molecule has 2 aromatic heterocycles. The molecule has 11 heteroatoms. The summed E-state index contributed by atoms with van der Waals surface area (Å²) in [7, 11) is -3.71. The van der Waals surface area contributed by atoms with Crippen molar-refractivity contribution in [2.45, 2.75) is 16.5 Å². The van der Waals surface area contributed by atoms with Gasteiger partial charge in [-0.3, -0.25) is 9.36 Å². The fraction of sp³-hybridized carbons (Fsp3) is 0.136. The van der Waals surface area contributed by atoms with Crippen LogP contribution < -0.4 is 10.5 Å². The van der Waals surface area contributed by atoms with Crippen LogP contribution >= 0.6 is 23.1 Å². The smallest absolute Gasteiger partial charge is 0.238 e. The summed E-state index contributed by atoms with van der Waals surface area (Å²) >= 11 is 2.90. The Kier molecular flexibility index (Phi) is 7.23. The maximum Gasteiger partial charge on any atom is 0.238 e. The summed E-state index contributed by atoms with van der Waals surface area (Å²) < 4.78 is 24.6. The Morgan fingerprint density at radius 2 is 1.79 bits per heavy atom. The number of carbonyl (C=O) groups is 1. The highest BCUT2D eigenvalue weighted by atomic mass is 32.2. The van der Waals surface area contributed by atoms with E-state index in [2.05, 4.69) is 15.5 Å². The minimum Gasteiger partial charge on any atom is -0.355 e. The average molecular weight is 500 g/mol. The van der Waals surface area contributed by atoms with Crippen molar-refractivity contribution in [2.75, 3.05) is 12.3 Å². The molecular formula is C22H21N5O3S3. The zero-order chi connectivity index (χ0) is 23.3. The second-order valence-corrected chi connectivity index (χ2v) is 10.5. The SMILES string of the molecule is NS(=O)(=O)c1ccc(CCNC(=O)CSc2nnc(-c3cccs3)n2-c2ccccc2)cc1. The molecule has 0 fully saturated rings. The lowest BCUT2D eigenvalue weighted by atomic mass is 10.1. The fourth-order valence-corrected chi connectivity index (χ4v) is 5.11. The molecule has 1 amide bonds. The summed E-state index contributed by atoms with van der Waals surface area (Å²) in [5.74, 6) is 0.809. The van der Waals surface area contributed by atoms with Gasteiger partial charge in [-0.05, 0) is 47.7 Å². The van der Waals surface area contributed by atoms with E-state index in [1.165, 1.54) is 23.9 Å². The van der Waals surface area contributed by atoms with Crippen molar-refractivity contribution in [1.82, 2.24) is 20.1 Å². The van der Waals surface area contributed by atoms with Gasteiger partial charge in [0.15, 0.2) is 11.0 Å². The lowest BCUT2D eigenvalue weighted by Gasteiger charge is -2.09. The van der Waals surface area contributed by atoms with Crippen molar-refractivity contribution in [2.24, 2.45) is 5.14 Å². The van der Waals surface area contributed by atoms with Crippen LogP contribution in [0.25, 0.3) is 16.4 Å². The van der Waals surface area contributed by atoms with Crippen molar-refractivity contribution in [3.05, 3.63) is 77.7 Å². The number of para-hydroxylation sites is 1. The van der Waals surface area contributed by atoms with Gasteiger partial charge in [0.2, 0.25) is 15.9 Å². The number of thioether (sulfide) groups is 1. The summed E-state index contributed by atoms with van der Waals surface area (Å²) in [5, 5.41) is 19.3. The number of hydrogen-bond donors (Lipinski definition) is 2. The largest absolute Gasteiger partial charge is 0.355 e. The molecule has 0 saturated carbocycles. The fourth-order valence-electron chi connectivity index (χ4n) is 3.11. The maximum atomic E-state index is 12.4. The summed E-state index contributed by atoms with van der Waals surface area (Å²) in [5.41, 5.74) is 1.83. The van der Waals surface area contributed by atoms with E-state index in [1.807, 2.05) is 52.4 Å². The molecule has 0 saturated heterocycles. The highest BCUT2D eigenvalue weighted by Crippen LogP contribution is 2.30. The van der Waals surface area contributed by atoms with Crippen LogP contribution in [0.15, 0.2) is 82.2 Å². The van der Waals surface area contributed by atoms with Gasteiger partial charge in [-0.15, -0.1) is 21.5 Å². The second-order valence-electron chi connectivity index (χ2n) is 7.03. The number of amides is 1. The van der Waals surface area contributed by atoms with Crippen LogP contribution in [0.2, 0.25) is 0 Å². The molecule has 3 N–H and O–H groups in total. The van der Waals surface area contributed by atoms with Crippen molar-refractivity contribution >= 4 is 39.0 Å². The van der Waals surface area contributed by atoms with Gasteiger partial charge in [0.05, 0.1) is 15.5 Å². The molecular weight excluding hydrogens is 478 g/mol. The predicted molar refractivity (Wildman–Crippen MR) is 130 cm³/mol. The Balaban J connectivity index is 1.37. The Labute approximate surface area is 199 Å². The summed E-state index contributed by atoms with van der Waals surface area (Å²) in [6.07, 6.45) is 0.573. The van der Waals surface area contributed by atoms with Crippen molar-refractivity contribution in [3.63, 3.8) is 0 Å². The van der Waals surface area contributed by atoms with Gasteiger partial charge in [0, 0.05) is 12.2 Å². The van der Waals surface area contributed by atoms with Crippen LogP contribution in [0.1, 0.15) is 5.56 Å². The number of carbonyl (C=O) groups excluding carboxylic acids is 1. The Morgan fingerprint density at radius 1 is 1.03 bits per heavy atom. The van der Waals surface area contributed by atoms with E-state index < -0.39 is 10.0 Å². The minimum atomic E-state index is -3.71. The zero-order valence-corrected chi connectivity index (χ0v) is 19.9. The molecule has 2 aromatic carbocycles. The Bertz CT molecular complexity index is 1320. The molecule has 0 spiro atoms. The van der Waals surface area contributed by atoms with Crippen molar-refractivity contribution in [1.29, 1.82) is 0 Å². The van der Waals surface area contributed by atoms with Crippen LogP contribution in [-0.2, 0) is 21.2 Å². The minimum absolute atomic E-state index is 0.0659. The maximum absolute atomic E-state index is 12.4. The van der Waals surface area contributed by atoms with Gasteiger partial charge >= 0.3 is 0 Å². The zero-order valence-electron chi connectivity index (χ0n) is 17.4. The normalized spacial score (nSPS) is 11.4. The molecule has 4 rings (SSSR count). The number of sulfonamides is 1. The van der Waals surface area contributed by atoms with E-state index >= 15 is 0 Å². The molecule has 0 unspecified atom stereocenters. The lowest BCUT2D eigenvalue weighted by Crippen LogP contribution is -2.27. The summed E-state index contributed by atoms with van der Waals surface area (Å²) in [4.78, 5) is 13.5. The van der Waals surface area contributed by atoms with E-state index in [0.29, 0.717) is 18.1 Å². The number of benzene rings is 2. The first-order chi connectivity index (χ1) is 15.9. The second kappa shape index (κ2) is 10.3. The van der Waals surface area contributed by atoms with Crippen molar-refractivity contribution in [3.8, 4) is 16.4 Å². The molecule has 4 aromatic rings. The number of aromatic nitrogens is 3. The lowest BCUT2D eigenvalue weighted by molar-refractivity contribution is -0.118. The summed E-state index contributed by atoms with van der Waals surface area (Å²) in [6, 6.07) is 20.1. The van der Waals surface area contributed by atoms with Crippen LogP contribution in [0.4, 0.5) is 0 Å². The number of primary sulfonamides is 1. The molecule has 33 heavy (non-hydrogen) atoms. The van der Waals surface area contributed by atoms with Gasteiger partial charge in [-0.25, -0.2) is 13.6 Å². The van der Waals surface area contributed by atoms with Crippen molar-refractivity contribution < 1.29 is 13.2 Å².